The van der Waals surface area contributed by atoms with Crippen LogP contribution < -0.4 is 14.8 Å². The molecule has 0 atom stereocenters. The smallest absolute Gasteiger partial charge is 0.268 e. The van der Waals surface area contributed by atoms with Crippen LogP contribution in [0.5, 0.6) is 17.4 Å². The van der Waals surface area contributed by atoms with E-state index in [1.54, 1.807) is 31.4 Å². The van der Waals surface area contributed by atoms with Gasteiger partial charge in [0.2, 0.25) is 5.75 Å². The van der Waals surface area contributed by atoms with Crippen molar-refractivity contribution in [2.45, 2.75) is 13.5 Å². The minimum absolute atomic E-state index is 0.00166. The van der Waals surface area contributed by atoms with Gasteiger partial charge in [0.25, 0.3) is 5.88 Å². The number of aliphatic hydroxyl groups excluding tert-OH is 1. The zero-order chi connectivity index (χ0) is 14.4. The first-order valence-electron chi connectivity index (χ1n) is 6.29. The lowest BCUT2D eigenvalue weighted by Gasteiger charge is -2.12. The Morgan fingerprint density at radius 2 is 1.95 bits per heavy atom. The number of benzene rings is 1. The highest BCUT2D eigenvalue weighted by Crippen LogP contribution is 2.34. The van der Waals surface area contributed by atoms with Gasteiger partial charge in [0.1, 0.15) is 12.1 Å². The summed E-state index contributed by atoms with van der Waals surface area (Å²) in [6.07, 6.45) is 1.41. The van der Waals surface area contributed by atoms with Crippen molar-refractivity contribution >= 4 is 5.82 Å². The Balaban J connectivity index is 2.25. The highest BCUT2D eigenvalue weighted by Gasteiger charge is 2.13. The van der Waals surface area contributed by atoms with Crippen LogP contribution in [0.3, 0.4) is 0 Å². The molecular formula is C14H17N3O3. The van der Waals surface area contributed by atoms with Gasteiger partial charge in [-0.25, -0.2) is 4.98 Å². The Morgan fingerprint density at radius 1 is 1.20 bits per heavy atom. The molecule has 1 heterocycles. The van der Waals surface area contributed by atoms with Gasteiger partial charge in [-0.1, -0.05) is 12.1 Å². The summed E-state index contributed by atoms with van der Waals surface area (Å²) in [5, 5.41) is 12.1. The summed E-state index contributed by atoms with van der Waals surface area (Å²) in [5.74, 6) is 2.00. The van der Waals surface area contributed by atoms with Crippen LogP contribution in [0.25, 0.3) is 0 Å². The number of anilines is 1. The molecule has 1 aromatic heterocycles. The second-order valence-electron chi connectivity index (χ2n) is 4.00. The quantitative estimate of drug-likeness (QED) is 0.841. The normalized spacial score (nSPS) is 10.2. The van der Waals surface area contributed by atoms with Crippen LogP contribution in [0.2, 0.25) is 0 Å². The second kappa shape index (κ2) is 6.72. The van der Waals surface area contributed by atoms with Crippen LogP contribution in [0, 0.1) is 0 Å². The van der Waals surface area contributed by atoms with Gasteiger partial charge in [-0.3, -0.25) is 0 Å². The van der Waals surface area contributed by atoms with Crippen LogP contribution >= 0.6 is 0 Å². The van der Waals surface area contributed by atoms with E-state index in [1.165, 1.54) is 6.33 Å². The molecule has 0 saturated carbocycles. The van der Waals surface area contributed by atoms with Crippen molar-refractivity contribution in [1.29, 1.82) is 0 Å². The minimum atomic E-state index is 0.00166. The van der Waals surface area contributed by atoms with E-state index in [0.29, 0.717) is 23.2 Å². The van der Waals surface area contributed by atoms with Crippen molar-refractivity contribution in [3.63, 3.8) is 0 Å². The summed E-state index contributed by atoms with van der Waals surface area (Å²) in [4.78, 5) is 8.19. The van der Waals surface area contributed by atoms with Crippen molar-refractivity contribution < 1.29 is 14.6 Å². The first kappa shape index (κ1) is 14.1. The van der Waals surface area contributed by atoms with E-state index in [9.17, 15) is 0 Å². The lowest BCUT2D eigenvalue weighted by atomic mass is 10.2. The maximum Gasteiger partial charge on any atom is 0.268 e. The molecule has 0 amide bonds. The molecule has 0 aliphatic heterocycles. The summed E-state index contributed by atoms with van der Waals surface area (Å²) in [7, 11) is 1.54. The molecule has 106 valence electrons. The lowest BCUT2D eigenvalue weighted by Crippen LogP contribution is -2.04. The third-order valence-electron chi connectivity index (χ3n) is 2.64. The second-order valence-corrected chi connectivity index (χ2v) is 4.00. The van der Waals surface area contributed by atoms with Crippen LogP contribution in [0.4, 0.5) is 5.82 Å². The Hall–Kier alpha value is -2.34. The molecule has 0 fully saturated rings. The van der Waals surface area contributed by atoms with E-state index >= 15 is 0 Å². The highest BCUT2D eigenvalue weighted by atomic mass is 16.5. The molecular weight excluding hydrogens is 258 g/mol. The van der Waals surface area contributed by atoms with Crippen molar-refractivity contribution in [2.75, 3.05) is 19.0 Å². The number of methoxy groups -OCH3 is 1. The van der Waals surface area contributed by atoms with Crippen molar-refractivity contribution in [1.82, 2.24) is 9.97 Å². The van der Waals surface area contributed by atoms with E-state index in [-0.39, 0.29) is 6.61 Å². The number of hydrogen-bond donors (Lipinski definition) is 2. The van der Waals surface area contributed by atoms with Crippen molar-refractivity contribution in [2.24, 2.45) is 0 Å². The molecule has 2 aromatic rings. The summed E-state index contributed by atoms with van der Waals surface area (Å²) < 4.78 is 11.0. The number of aromatic nitrogens is 2. The van der Waals surface area contributed by atoms with E-state index < -0.39 is 0 Å². The van der Waals surface area contributed by atoms with Crippen LogP contribution in [-0.4, -0.2) is 28.7 Å². The van der Waals surface area contributed by atoms with Gasteiger partial charge in [0.15, 0.2) is 5.82 Å². The molecule has 0 spiro atoms. The van der Waals surface area contributed by atoms with Gasteiger partial charge in [0, 0.05) is 6.54 Å². The molecule has 6 heteroatoms. The Bertz CT molecular complexity index is 558. The molecule has 0 saturated heterocycles. The van der Waals surface area contributed by atoms with Gasteiger partial charge in [-0.2, -0.15) is 4.98 Å². The molecule has 0 aliphatic rings. The predicted octanol–water partition coefficient (Wildman–Crippen LogP) is 2.20. The Kier molecular flexibility index (Phi) is 4.73. The molecule has 0 unspecified atom stereocenters. The first-order valence-corrected chi connectivity index (χ1v) is 6.29. The van der Waals surface area contributed by atoms with E-state index in [2.05, 4.69) is 15.3 Å². The molecule has 2 rings (SSSR count). The number of rotatable bonds is 6. The first-order chi connectivity index (χ1) is 9.78. The SMILES string of the molecule is CCNc1ncnc(Oc2ccc(CO)cc2)c1OC. The molecule has 1 aromatic carbocycles. The van der Waals surface area contributed by atoms with Gasteiger partial charge < -0.3 is 19.9 Å². The largest absolute Gasteiger partial charge is 0.489 e. The lowest BCUT2D eigenvalue weighted by molar-refractivity contribution is 0.281. The summed E-state index contributed by atoms with van der Waals surface area (Å²) in [5.41, 5.74) is 0.820. The number of aliphatic hydroxyl groups is 1. The fraction of sp³-hybridized carbons (Fsp3) is 0.286. The molecule has 0 bridgehead atoms. The van der Waals surface area contributed by atoms with Crippen molar-refractivity contribution in [3.8, 4) is 17.4 Å². The predicted molar refractivity (Wildman–Crippen MR) is 75.2 cm³/mol. The van der Waals surface area contributed by atoms with E-state index in [1.807, 2.05) is 6.92 Å². The maximum absolute atomic E-state index is 9.01. The minimum Gasteiger partial charge on any atom is -0.489 e. The maximum atomic E-state index is 9.01. The van der Waals surface area contributed by atoms with Gasteiger partial charge in [0.05, 0.1) is 13.7 Å². The number of ether oxygens (including phenoxy) is 2. The third kappa shape index (κ3) is 3.16. The van der Waals surface area contributed by atoms with Crippen LogP contribution in [0.15, 0.2) is 30.6 Å². The third-order valence-corrected chi connectivity index (χ3v) is 2.64. The van der Waals surface area contributed by atoms with E-state index in [0.717, 1.165) is 12.1 Å². The van der Waals surface area contributed by atoms with Gasteiger partial charge >= 0.3 is 0 Å². The highest BCUT2D eigenvalue weighted by molar-refractivity contribution is 5.55. The Morgan fingerprint density at radius 3 is 2.55 bits per heavy atom. The topological polar surface area (TPSA) is 76.5 Å². The fourth-order valence-electron chi connectivity index (χ4n) is 1.68. The molecule has 0 radical (unpaired) electrons. The summed E-state index contributed by atoms with van der Waals surface area (Å²) >= 11 is 0. The van der Waals surface area contributed by atoms with E-state index in [4.69, 9.17) is 14.6 Å². The van der Waals surface area contributed by atoms with Crippen molar-refractivity contribution in [3.05, 3.63) is 36.2 Å². The molecule has 6 nitrogen and oxygen atoms in total. The number of nitrogens with zero attached hydrogens (tertiary/aromatic N) is 2. The Labute approximate surface area is 117 Å². The standard InChI is InChI=1S/C14H17N3O3/c1-3-15-13-12(19-2)14(17-9-16-13)20-11-6-4-10(8-18)5-7-11/h4-7,9,18H,3,8H2,1-2H3,(H,15,16,17). The molecule has 0 aliphatic carbocycles. The average Bonchev–Trinajstić information content (AvgIpc) is 2.49. The zero-order valence-electron chi connectivity index (χ0n) is 11.5. The monoisotopic (exact) mass is 275 g/mol. The summed E-state index contributed by atoms with van der Waals surface area (Å²) in [6, 6.07) is 7.10. The zero-order valence-corrected chi connectivity index (χ0v) is 11.5. The molecule has 20 heavy (non-hydrogen) atoms. The fourth-order valence-corrected chi connectivity index (χ4v) is 1.68. The number of hydrogen-bond acceptors (Lipinski definition) is 6. The summed E-state index contributed by atoms with van der Waals surface area (Å²) in [6.45, 7) is 2.69. The van der Waals surface area contributed by atoms with Gasteiger partial charge in [-0.05, 0) is 24.6 Å². The van der Waals surface area contributed by atoms with Crippen LogP contribution in [0.1, 0.15) is 12.5 Å². The van der Waals surface area contributed by atoms with Crippen LogP contribution in [-0.2, 0) is 6.61 Å². The average molecular weight is 275 g/mol. The van der Waals surface area contributed by atoms with Gasteiger partial charge in [-0.15, -0.1) is 0 Å². The molecule has 2 N–H and O–H groups in total. The number of nitrogens with one attached hydrogen (secondary N) is 1.